The molecule has 0 heterocycles. The minimum absolute atomic E-state index is 0.0865. The van der Waals surface area contributed by atoms with Crippen LogP contribution in [0.2, 0.25) is 0 Å². The van der Waals surface area contributed by atoms with Crippen molar-refractivity contribution in [2.75, 3.05) is 13.1 Å². The molecule has 5 nitrogen and oxygen atoms in total. The number of nitrogens with one attached hydrogen (secondary N) is 2. The van der Waals surface area contributed by atoms with Crippen LogP contribution in [0.25, 0.3) is 0 Å². The fourth-order valence-corrected chi connectivity index (χ4v) is 3.02. The molecule has 0 fully saturated rings. The molecule has 0 spiro atoms. The summed E-state index contributed by atoms with van der Waals surface area (Å²) in [5.41, 5.74) is -0.906. The first-order valence-electron chi connectivity index (χ1n) is 10.2. The van der Waals surface area contributed by atoms with E-state index < -0.39 is 11.5 Å². The van der Waals surface area contributed by atoms with Gasteiger partial charge in [0.2, 0.25) is 5.91 Å². The van der Waals surface area contributed by atoms with Gasteiger partial charge in [0.25, 0.3) is 0 Å². The average molecular weight is 357 g/mol. The molecule has 5 heteroatoms. The molecule has 0 saturated carbocycles. The standard InChI is InChI=1S/C20H40N2O3/c1-4-6-7-8-9-10-11-12-13-15-18(23)21-17-14-16-20(3,19(24)25)22-5-2/h22H,4-17H2,1-3H3,(H,21,23)(H,24,25). The first-order chi connectivity index (χ1) is 12.0. The number of carboxylic acids is 1. The number of carbonyl (C=O) groups is 2. The lowest BCUT2D eigenvalue weighted by molar-refractivity contribution is -0.144. The summed E-state index contributed by atoms with van der Waals surface area (Å²) in [5.74, 6) is -0.751. The highest BCUT2D eigenvalue weighted by molar-refractivity contribution is 5.78. The lowest BCUT2D eigenvalue weighted by Gasteiger charge is -2.25. The van der Waals surface area contributed by atoms with Gasteiger partial charge in [-0.15, -0.1) is 0 Å². The van der Waals surface area contributed by atoms with E-state index in [9.17, 15) is 14.7 Å². The number of aliphatic carboxylic acids is 1. The minimum Gasteiger partial charge on any atom is -0.480 e. The SMILES string of the molecule is CCCCCCCCCCCC(=O)NCCCC(C)(NCC)C(=O)O. The maximum atomic E-state index is 11.8. The molecule has 0 radical (unpaired) electrons. The Morgan fingerprint density at radius 1 is 0.880 bits per heavy atom. The van der Waals surface area contributed by atoms with E-state index in [1.54, 1.807) is 6.92 Å². The normalized spacial score (nSPS) is 13.4. The molecular weight excluding hydrogens is 316 g/mol. The van der Waals surface area contributed by atoms with Crippen LogP contribution in [0, 0.1) is 0 Å². The van der Waals surface area contributed by atoms with Crippen molar-refractivity contribution < 1.29 is 14.7 Å². The van der Waals surface area contributed by atoms with E-state index >= 15 is 0 Å². The average Bonchev–Trinajstić information content (AvgIpc) is 2.57. The van der Waals surface area contributed by atoms with Crippen LogP contribution in [0.1, 0.15) is 97.8 Å². The van der Waals surface area contributed by atoms with Gasteiger partial charge in [0, 0.05) is 13.0 Å². The molecule has 1 unspecified atom stereocenters. The maximum absolute atomic E-state index is 11.8. The van der Waals surface area contributed by atoms with Gasteiger partial charge in [-0.3, -0.25) is 9.59 Å². The van der Waals surface area contributed by atoms with Crippen LogP contribution in [0.4, 0.5) is 0 Å². The lowest BCUT2D eigenvalue weighted by Crippen LogP contribution is -2.49. The first-order valence-corrected chi connectivity index (χ1v) is 10.2. The van der Waals surface area contributed by atoms with E-state index in [0.717, 1.165) is 12.8 Å². The number of unbranched alkanes of at least 4 members (excludes halogenated alkanes) is 8. The Morgan fingerprint density at radius 2 is 1.44 bits per heavy atom. The Labute approximate surface area is 154 Å². The molecule has 148 valence electrons. The van der Waals surface area contributed by atoms with Crippen LogP contribution in [0.3, 0.4) is 0 Å². The highest BCUT2D eigenvalue weighted by Gasteiger charge is 2.31. The third-order valence-corrected chi connectivity index (χ3v) is 4.72. The number of hydrogen-bond donors (Lipinski definition) is 3. The van der Waals surface area contributed by atoms with Gasteiger partial charge >= 0.3 is 5.97 Å². The van der Waals surface area contributed by atoms with Gasteiger partial charge in [-0.1, -0.05) is 65.2 Å². The predicted octanol–water partition coefficient (Wildman–Crippen LogP) is 4.26. The number of amides is 1. The molecule has 0 aromatic carbocycles. The van der Waals surface area contributed by atoms with Crippen LogP contribution in [-0.2, 0) is 9.59 Å². The second kappa shape index (κ2) is 15.2. The summed E-state index contributed by atoms with van der Waals surface area (Å²) < 4.78 is 0. The highest BCUT2D eigenvalue weighted by Crippen LogP contribution is 2.13. The molecule has 0 saturated heterocycles. The Morgan fingerprint density at radius 3 is 1.96 bits per heavy atom. The summed E-state index contributed by atoms with van der Waals surface area (Å²) in [6.07, 6.45) is 13.0. The summed E-state index contributed by atoms with van der Waals surface area (Å²) in [5, 5.41) is 15.2. The molecule has 0 aliphatic carbocycles. The molecule has 0 rings (SSSR count). The van der Waals surface area contributed by atoms with Gasteiger partial charge in [0.15, 0.2) is 0 Å². The van der Waals surface area contributed by atoms with Crippen molar-refractivity contribution in [3.8, 4) is 0 Å². The largest absolute Gasteiger partial charge is 0.480 e. The Balaban J connectivity index is 3.57. The van der Waals surface area contributed by atoms with Crippen molar-refractivity contribution in [1.82, 2.24) is 10.6 Å². The van der Waals surface area contributed by atoms with Crippen molar-refractivity contribution >= 4 is 11.9 Å². The Kier molecular flexibility index (Phi) is 14.5. The van der Waals surface area contributed by atoms with Crippen molar-refractivity contribution in [3.63, 3.8) is 0 Å². The van der Waals surface area contributed by atoms with E-state index in [2.05, 4.69) is 17.6 Å². The van der Waals surface area contributed by atoms with Crippen molar-refractivity contribution in [2.45, 2.75) is 103 Å². The zero-order valence-corrected chi connectivity index (χ0v) is 16.7. The molecule has 0 aromatic rings. The van der Waals surface area contributed by atoms with Crippen LogP contribution < -0.4 is 10.6 Å². The monoisotopic (exact) mass is 356 g/mol. The van der Waals surface area contributed by atoms with E-state index in [0.29, 0.717) is 32.4 Å². The second-order valence-electron chi connectivity index (χ2n) is 7.20. The zero-order valence-electron chi connectivity index (χ0n) is 16.7. The van der Waals surface area contributed by atoms with E-state index in [1.165, 1.54) is 44.9 Å². The Bertz CT molecular complexity index is 361. The van der Waals surface area contributed by atoms with Gasteiger partial charge in [0.1, 0.15) is 5.54 Å². The predicted molar refractivity (Wildman–Crippen MR) is 104 cm³/mol. The van der Waals surface area contributed by atoms with Crippen LogP contribution >= 0.6 is 0 Å². The van der Waals surface area contributed by atoms with Crippen LogP contribution in [-0.4, -0.2) is 35.6 Å². The summed E-state index contributed by atoms with van der Waals surface area (Å²) >= 11 is 0. The van der Waals surface area contributed by atoms with Gasteiger partial charge < -0.3 is 15.7 Å². The second-order valence-corrected chi connectivity index (χ2v) is 7.20. The molecule has 1 amide bonds. The van der Waals surface area contributed by atoms with Crippen molar-refractivity contribution in [1.29, 1.82) is 0 Å². The fourth-order valence-electron chi connectivity index (χ4n) is 3.02. The number of carbonyl (C=O) groups excluding carboxylic acids is 1. The van der Waals surface area contributed by atoms with Crippen molar-refractivity contribution in [3.05, 3.63) is 0 Å². The molecule has 1 atom stereocenters. The van der Waals surface area contributed by atoms with E-state index in [1.807, 2.05) is 6.92 Å². The summed E-state index contributed by atoms with van der Waals surface area (Å²) in [4.78, 5) is 23.1. The van der Waals surface area contributed by atoms with Gasteiger partial charge in [-0.25, -0.2) is 0 Å². The fraction of sp³-hybridized carbons (Fsp3) is 0.900. The van der Waals surface area contributed by atoms with Crippen molar-refractivity contribution in [2.24, 2.45) is 0 Å². The number of likely N-dealkylation sites (N-methyl/N-ethyl adjacent to an activating group) is 1. The number of rotatable bonds is 17. The maximum Gasteiger partial charge on any atom is 0.323 e. The molecular formula is C20H40N2O3. The number of carboxylic acid groups (broad SMARTS) is 1. The van der Waals surface area contributed by atoms with E-state index in [4.69, 9.17) is 0 Å². The third-order valence-electron chi connectivity index (χ3n) is 4.72. The molecule has 0 bridgehead atoms. The molecule has 3 N–H and O–H groups in total. The van der Waals surface area contributed by atoms with Gasteiger partial charge in [-0.2, -0.15) is 0 Å². The summed E-state index contributed by atoms with van der Waals surface area (Å²) in [6.45, 7) is 6.99. The smallest absolute Gasteiger partial charge is 0.323 e. The Hall–Kier alpha value is -1.10. The van der Waals surface area contributed by atoms with Gasteiger partial charge in [-0.05, 0) is 32.7 Å². The summed E-state index contributed by atoms with van der Waals surface area (Å²) in [7, 11) is 0. The number of hydrogen-bond acceptors (Lipinski definition) is 3. The summed E-state index contributed by atoms with van der Waals surface area (Å²) in [6, 6.07) is 0. The van der Waals surface area contributed by atoms with Crippen LogP contribution in [0.5, 0.6) is 0 Å². The molecule has 25 heavy (non-hydrogen) atoms. The highest BCUT2D eigenvalue weighted by atomic mass is 16.4. The lowest BCUT2D eigenvalue weighted by atomic mass is 9.96. The first kappa shape index (κ1) is 23.9. The molecule has 0 aromatic heterocycles. The molecule has 0 aliphatic heterocycles. The third kappa shape index (κ3) is 12.9. The topological polar surface area (TPSA) is 78.4 Å². The zero-order chi connectivity index (χ0) is 19.0. The minimum atomic E-state index is -0.906. The van der Waals surface area contributed by atoms with Crippen LogP contribution in [0.15, 0.2) is 0 Å². The quantitative estimate of drug-likeness (QED) is 0.340. The van der Waals surface area contributed by atoms with E-state index in [-0.39, 0.29) is 5.91 Å². The molecule has 0 aliphatic rings. The van der Waals surface area contributed by atoms with Gasteiger partial charge in [0.05, 0.1) is 0 Å².